The van der Waals surface area contributed by atoms with Crippen LogP contribution in [-0.4, -0.2) is 0 Å². The summed E-state index contributed by atoms with van der Waals surface area (Å²) in [5.41, 5.74) is 6.00. The van der Waals surface area contributed by atoms with Crippen molar-refractivity contribution in [1.29, 1.82) is 0 Å². The van der Waals surface area contributed by atoms with Crippen LogP contribution in [-0.2, 0) is 26.2 Å². The summed E-state index contributed by atoms with van der Waals surface area (Å²) in [5, 5.41) is 5.28. The third kappa shape index (κ3) is 8.54. The predicted octanol–water partition coefficient (Wildman–Crippen LogP) is 7.61. The van der Waals surface area contributed by atoms with Crippen molar-refractivity contribution in [3.8, 4) is 0 Å². The number of hydrogen-bond donors (Lipinski definition) is 0. The van der Waals surface area contributed by atoms with Gasteiger partial charge in [-0.25, -0.2) is 0 Å². The molecule has 0 atom stereocenters. The molecule has 5 aromatic rings. The number of rotatable bonds is 1. The van der Waals surface area contributed by atoms with Crippen molar-refractivity contribution < 1.29 is 26.2 Å². The predicted molar refractivity (Wildman–Crippen MR) is 162 cm³/mol. The summed E-state index contributed by atoms with van der Waals surface area (Å²) in [6, 6.07) is 43.0. The normalized spacial score (nSPS) is 10.5. The zero-order chi connectivity index (χ0) is 26.6. The molecular weight excluding hydrogens is 548 g/mol. The van der Waals surface area contributed by atoms with Gasteiger partial charge in [0.1, 0.15) is 0 Å². The molecule has 0 radical (unpaired) electrons. The van der Waals surface area contributed by atoms with Gasteiger partial charge in [-0.2, -0.15) is 85.5 Å². The summed E-state index contributed by atoms with van der Waals surface area (Å²) in [4.78, 5) is 0. The van der Waals surface area contributed by atoms with Gasteiger partial charge < -0.3 is 0 Å². The maximum atomic E-state index is 3.72. The van der Waals surface area contributed by atoms with E-state index in [-0.39, 0.29) is 26.2 Å². The quantitative estimate of drug-likeness (QED) is 0.176. The van der Waals surface area contributed by atoms with E-state index in [1.54, 1.807) is 0 Å². The van der Waals surface area contributed by atoms with Crippen LogP contribution in [0, 0.1) is 36.8 Å². The van der Waals surface area contributed by atoms with Crippen molar-refractivity contribution in [3.05, 3.63) is 209 Å². The van der Waals surface area contributed by atoms with Gasteiger partial charge in [-0.3, -0.25) is 0 Å². The largest absolute Gasteiger partial charge is 4.00 e. The fourth-order valence-corrected chi connectivity index (χ4v) is 4.16. The van der Waals surface area contributed by atoms with Gasteiger partial charge in [-0.15, -0.1) is 59.3 Å². The van der Waals surface area contributed by atoms with E-state index in [1.807, 2.05) is 91.9 Å². The number of allylic oxidation sites excluding steroid dienone is 1. The van der Waals surface area contributed by atoms with E-state index in [2.05, 4.69) is 87.0 Å². The van der Waals surface area contributed by atoms with E-state index in [4.69, 9.17) is 0 Å². The molecule has 5 aromatic carbocycles. The first-order chi connectivity index (χ1) is 18.7. The third-order valence-electron chi connectivity index (χ3n) is 6.14. The van der Waals surface area contributed by atoms with E-state index < -0.39 is 0 Å². The molecule has 0 bridgehead atoms. The van der Waals surface area contributed by atoms with Gasteiger partial charge in [-0.1, -0.05) is 72.3 Å². The Morgan fingerprint density at radius 3 is 1.62 bits per heavy atom. The molecule has 0 fully saturated rings. The Morgan fingerprint density at radius 2 is 1.10 bits per heavy atom. The monoisotopic (exact) mass is 578 g/mol. The molecule has 0 amide bonds. The Labute approximate surface area is 252 Å². The molecule has 0 saturated carbocycles. The zero-order valence-electron chi connectivity index (χ0n) is 22.3. The van der Waals surface area contributed by atoms with E-state index >= 15 is 0 Å². The Balaban J connectivity index is 0.000000156. The molecule has 2 aliphatic carbocycles. The van der Waals surface area contributed by atoms with Crippen LogP contribution < -0.4 is 10.4 Å². The van der Waals surface area contributed by atoms with Crippen molar-refractivity contribution in [2.45, 2.75) is 6.92 Å². The molecule has 0 N–H and O–H groups in total. The van der Waals surface area contributed by atoms with Crippen molar-refractivity contribution in [2.24, 2.45) is 0 Å². The van der Waals surface area contributed by atoms with Gasteiger partial charge in [0.15, 0.2) is 0 Å². The topological polar surface area (TPSA) is 0 Å². The van der Waals surface area contributed by atoms with Crippen molar-refractivity contribution in [1.82, 2.24) is 0 Å². The van der Waals surface area contributed by atoms with Crippen LogP contribution in [0.4, 0.5) is 0 Å². The molecule has 7 rings (SSSR count). The summed E-state index contributed by atoms with van der Waals surface area (Å²) in [5.74, 6) is 0. The maximum absolute atomic E-state index is 3.72. The van der Waals surface area contributed by atoms with Crippen molar-refractivity contribution in [2.75, 3.05) is 0 Å². The van der Waals surface area contributed by atoms with Gasteiger partial charge in [0, 0.05) is 0 Å². The average Bonchev–Trinajstić information content (AvgIpc) is 3.60. The third-order valence-corrected chi connectivity index (χ3v) is 6.14. The van der Waals surface area contributed by atoms with Crippen LogP contribution in [0.2, 0.25) is 0 Å². The smallest absolute Gasteiger partial charge is 0.199 e. The van der Waals surface area contributed by atoms with Gasteiger partial charge in [0.25, 0.3) is 0 Å². The SMILES string of the molecule is C[CH-]c1ccccc1.[C-]1=CC=c2ccc3c(c21)C=c1ccccc1=3.[CH2-]c1ccccc1.[CH2-]c1ccccc1.[Zr+4]. The molecule has 2 aliphatic rings. The van der Waals surface area contributed by atoms with E-state index in [0.29, 0.717) is 0 Å². The fourth-order valence-electron chi connectivity index (χ4n) is 4.16. The summed E-state index contributed by atoms with van der Waals surface area (Å²) in [7, 11) is 0. The molecule has 39 heavy (non-hydrogen) atoms. The second-order valence-electron chi connectivity index (χ2n) is 8.87. The maximum Gasteiger partial charge on any atom is 4.00 e. The summed E-state index contributed by atoms with van der Waals surface area (Å²) >= 11 is 0. The van der Waals surface area contributed by atoms with Gasteiger partial charge in [-0.05, 0) is 10.4 Å². The minimum atomic E-state index is 0. The van der Waals surface area contributed by atoms with E-state index in [0.717, 1.165) is 11.1 Å². The number of hydrogen-bond acceptors (Lipinski definition) is 0. The van der Waals surface area contributed by atoms with Gasteiger partial charge >= 0.3 is 26.2 Å². The molecule has 1 heteroatoms. The average molecular weight is 580 g/mol. The van der Waals surface area contributed by atoms with E-state index in [9.17, 15) is 0 Å². The summed E-state index contributed by atoms with van der Waals surface area (Å²) < 4.78 is 0. The van der Waals surface area contributed by atoms with Gasteiger partial charge in [0.05, 0.1) is 0 Å². The Kier molecular flexibility index (Phi) is 11.8. The first-order valence-electron chi connectivity index (χ1n) is 12.8. The molecule has 0 nitrogen and oxygen atoms in total. The Bertz CT molecular complexity index is 1650. The molecule has 0 aliphatic heterocycles. The minimum absolute atomic E-state index is 0. The first kappa shape index (κ1) is 29.6. The Morgan fingerprint density at radius 1 is 0.564 bits per heavy atom. The summed E-state index contributed by atoms with van der Waals surface area (Å²) in [6.07, 6.45) is 11.8. The molecular formula is C38H32Zr. The molecule has 0 spiro atoms. The zero-order valence-corrected chi connectivity index (χ0v) is 24.8. The van der Waals surface area contributed by atoms with Crippen LogP contribution in [0.3, 0.4) is 0 Å². The second-order valence-corrected chi connectivity index (χ2v) is 8.87. The van der Waals surface area contributed by atoms with Crippen LogP contribution >= 0.6 is 0 Å². The van der Waals surface area contributed by atoms with Crippen LogP contribution in [0.15, 0.2) is 133 Å². The minimum Gasteiger partial charge on any atom is -0.199 e. The summed E-state index contributed by atoms with van der Waals surface area (Å²) in [6.45, 7) is 9.48. The molecule has 0 saturated heterocycles. The Hall–Kier alpha value is -3.93. The molecule has 0 aromatic heterocycles. The van der Waals surface area contributed by atoms with Crippen LogP contribution in [0.1, 0.15) is 34.7 Å². The van der Waals surface area contributed by atoms with Crippen molar-refractivity contribution >= 4 is 12.2 Å². The van der Waals surface area contributed by atoms with Crippen LogP contribution in [0.5, 0.6) is 0 Å². The number of benzene rings is 5. The van der Waals surface area contributed by atoms with Crippen molar-refractivity contribution in [3.63, 3.8) is 0 Å². The standard InChI is InChI=1S/C16H9.C8H9.2C7H7.Zr/c1-2-6-14-12(4-1)10-16-13-7-3-5-11(13)8-9-15(14)16;1-2-8-6-4-3-5-7-8;2*1-7-5-3-2-4-6-7;/h1-6,8-10H;2-7H,1H3;2*2-6H,1H2;/q4*-1;+4. The fraction of sp³-hybridized carbons (Fsp3) is 0.0263. The van der Waals surface area contributed by atoms with Crippen LogP contribution in [0.25, 0.3) is 12.2 Å². The van der Waals surface area contributed by atoms with E-state index in [1.165, 1.54) is 37.6 Å². The molecule has 188 valence electrons. The molecule has 0 unspecified atom stereocenters. The second kappa shape index (κ2) is 15.5. The molecule has 0 heterocycles. The first-order valence-corrected chi connectivity index (χ1v) is 12.8. The number of fused-ring (bicyclic) bond motifs is 4. The van der Waals surface area contributed by atoms with Gasteiger partial charge in [0.2, 0.25) is 0 Å².